The van der Waals surface area contributed by atoms with Crippen LogP contribution in [0.2, 0.25) is 0 Å². The van der Waals surface area contributed by atoms with Gasteiger partial charge in [-0.05, 0) is 32.6 Å². The normalized spacial score (nSPS) is 15.5. The van der Waals surface area contributed by atoms with Crippen molar-refractivity contribution in [1.29, 1.82) is 0 Å². The van der Waals surface area contributed by atoms with Crippen molar-refractivity contribution in [2.24, 2.45) is 0 Å². The molecule has 0 spiro atoms. The summed E-state index contributed by atoms with van der Waals surface area (Å²) in [5.74, 6) is 3.52. The van der Waals surface area contributed by atoms with Gasteiger partial charge in [-0.3, -0.25) is 9.59 Å². The molecule has 0 saturated heterocycles. The van der Waals surface area contributed by atoms with Crippen LogP contribution in [0.15, 0.2) is 12.4 Å². The molecule has 0 radical (unpaired) electrons. The second-order valence-corrected chi connectivity index (χ2v) is 9.01. The standard InChI is InChI=1S/C11H14FN3O.C9H14FN3.C3H5ClO.2CH4.ClH/c12-3-4-14-6-9-5-13-11(8-1-2-8)15(9)7-10(14)16;10-3-4-11-5-8-6-12-9(13-8)7-1-2-7;1-3(5)2-4;;;/h5,8H,1-4,6-7H2;6-7,11H,1-5H2,(H,12,13);2H2,1H3;2*1H4;1H. The van der Waals surface area contributed by atoms with E-state index < -0.39 is 6.67 Å². The quantitative estimate of drug-likeness (QED) is 0.331. The van der Waals surface area contributed by atoms with E-state index in [-0.39, 0.29) is 58.1 Å². The molecule has 2 N–H and O–H groups in total. The smallest absolute Gasteiger partial charge is 0.243 e. The number of halogens is 4. The fourth-order valence-electron chi connectivity index (χ4n) is 3.55. The average molecular weight is 568 g/mol. The number of nitrogens with zero attached hydrogens (tertiary/aromatic N) is 4. The van der Waals surface area contributed by atoms with Gasteiger partial charge in [0.25, 0.3) is 0 Å². The van der Waals surface area contributed by atoms with Gasteiger partial charge in [0.2, 0.25) is 5.91 Å². The maximum atomic E-state index is 12.3. The molecular formula is C25H42Cl2F2N6O2. The highest BCUT2D eigenvalue weighted by molar-refractivity contribution is 6.27. The number of aromatic amines is 1. The number of nitrogens with one attached hydrogen (secondary N) is 2. The van der Waals surface area contributed by atoms with Crippen LogP contribution in [0.3, 0.4) is 0 Å². The predicted octanol–water partition coefficient (Wildman–Crippen LogP) is 4.93. The van der Waals surface area contributed by atoms with E-state index in [1.807, 2.05) is 17.0 Å². The molecule has 2 fully saturated rings. The minimum atomic E-state index is -0.477. The molecule has 12 heteroatoms. The maximum absolute atomic E-state index is 12.3. The van der Waals surface area contributed by atoms with Crippen LogP contribution in [-0.2, 0) is 29.2 Å². The first-order valence-corrected chi connectivity index (χ1v) is 12.2. The van der Waals surface area contributed by atoms with Crippen LogP contribution in [-0.4, -0.2) is 68.4 Å². The minimum absolute atomic E-state index is 0. The van der Waals surface area contributed by atoms with Crippen molar-refractivity contribution in [2.75, 3.05) is 32.3 Å². The number of alkyl halides is 3. The molecule has 3 heterocycles. The molecule has 212 valence electrons. The summed E-state index contributed by atoms with van der Waals surface area (Å²) in [6, 6.07) is 0. The molecule has 2 aromatic heterocycles. The highest BCUT2D eigenvalue weighted by Crippen LogP contribution is 2.40. The summed E-state index contributed by atoms with van der Waals surface area (Å²) in [5, 5.41) is 2.98. The van der Waals surface area contributed by atoms with Crippen LogP contribution < -0.4 is 5.32 Å². The molecule has 2 aliphatic carbocycles. The summed E-state index contributed by atoms with van der Waals surface area (Å²) >= 11 is 4.99. The molecule has 0 bridgehead atoms. The number of hydrogen-bond donors (Lipinski definition) is 2. The lowest BCUT2D eigenvalue weighted by Crippen LogP contribution is -2.40. The van der Waals surface area contributed by atoms with Crippen LogP contribution in [0.1, 0.15) is 82.3 Å². The number of rotatable bonds is 9. The number of carbonyl (C=O) groups is 2. The lowest BCUT2D eigenvalue weighted by Gasteiger charge is -2.27. The Labute approximate surface area is 230 Å². The number of fused-ring (bicyclic) bond motifs is 1. The Balaban J connectivity index is 0.000000564. The molecule has 1 aliphatic heterocycles. The number of H-pyrrole nitrogens is 1. The Morgan fingerprint density at radius 1 is 1.11 bits per heavy atom. The molecule has 0 atom stereocenters. The summed E-state index contributed by atoms with van der Waals surface area (Å²) < 4.78 is 26.0. The predicted molar refractivity (Wildman–Crippen MR) is 146 cm³/mol. The molecule has 37 heavy (non-hydrogen) atoms. The number of imidazole rings is 2. The van der Waals surface area contributed by atoms with Gasteiger partial charge in [-0.1, -0.05) is 14.9 Å². The van der Waals surface area contributed by atoms with E-state index in [9.17, 15) is 18.4 Å². The van der Waals surface area contributed by atoms with Gasteiger partial charge in [-0.25, -0.2) is 18.7 Å². The summed E-state index contributed by atoms with van der Waals surface area (Å²) in [7, 11) is 0. The molecule has 2 saturated carbocycles. The number of hydrogen-bond acceptors (Lipinski definition) is 5. The third-order valence-corrected chi connectivity index (χ3v) is 6.03. The number of ketones is 1. The van der Waals surface area contributed by atoms with Crippen LogP contribution >= 0.6 is 24.0 Å². The Morgan fingerprint density at radius 2 is 1.76 bits per heavy atom. The molecule has 5 rings (SSSR count). The summed E-state index contributed by atoms with van der Waals surface area (Å²) in [5.41, 5.74) is 2.09. The third kappa shape index (κ3) is 11.1. The van der Waals surface area contributed by atoms with Gasteiger partial charge in [0.15, 0.2) is 0 Å². The Kier molecular flexibility index (Phi) is 16.5. The lowest BCUT2D eigenvalue weighted by atomic mass is 10.3. The van der Waals surface area contributed by atoms with Crippen molar-refractivity contribution in [2.45, 2.75) is 78.9 Å². The van der Waals surface area contributed by atoms with Gasteiger partial charge in [0.05, 0.1) is 24.3 Å². The largest absolute Gasteiger partial charge is 0.345 e. The Morgan fingerprint density at radius 3 is 2.30 bits per heavy atom. The molecular weight excluding hydrogens is 525 g/mol. The molecule has 0 unspecified atom stereocenters. The van der Waals surface area contributed by atoms with Crippen molar-refractivity contribution >= 4 is 35.7 Å². The lowest BCUT2D eigenvalue weighted by molar-refractivity contribution is -0.134. The van der Waals surface area contributed by atoms with Crippen molar-refractivity contribution in [1.82, 2.24) is 29.7 Å². The second kappa shape index (κ2) is 17.5. The average Bonchev–Trinajstić information content (AvgIpc) is 3.77. The molecule has 8 nitrogen and oxygen atoms in total. The fourth-order valence-corrected chi connectivity index (χ4v) is 3.55. The minimum Gasteiger partial charge on any atom is -0.345 e. The highest BCUT2D eigenvalue weighted by atomic mass is 35.5. The molecule has 0 aromatic carbocycles. The summed E-state index contributed by atoms with van der Waals surface area (Å²) in [6.45, 7) is 2.79. The van der Waals surface area contributed by atoms with E-state index in [0.717, 1.165) is 23.0 Å². The van der Waals surface area contributed by atoms with Gasteiger partial charge < -0.3 is 19.8 Å². The molecule has 1 amide bonds. The summed E-state index contributed by atoms with van der Waals surface area (Å²) in [6.07, 6.45) is 8.53. The van der Waals surface area contributed by atoms with Gasteiger partial charge >= 0.3 is 0 Å². The van der Waals surface area contributed by atoms with Crippen molar-refractivity contribution in [3.8, 4) is 0 Å². The first kappa shape index (κ1) is 35.0. The van der Waals surface area contributed by atoms with Gasteiger partial charge in [0.1, 0.15) is 37.3 Å². The highest BCUT2D eigenvalue weighted by Gasteiger charge is 2.32. The first-order valence-electron chi connectivity index (χ1n) is 11.7. The van der Waals surface area contributed by atoms with Crippen molar-refractivity contribution in [3.05, 3.63) is 35.4 Å². The van der Waals surface area contributed by atoms with Crippen LogP contribution in [0.4, 0.5) is 8.78 Å². The Bertz CT molecular complexity index is 948. The summed E-state index contributed by atoms with van der Waals surface area (Å²) in [4.78, 5) is 34.9. The fraction of sp³-hybridized carbons (Fsp3) is 0.680. The van der Waals surface area contributed by atoms with Gasteiger partial charge in [-0.15, -0.1) is 24.0 Å². The number of aromatic nitrogens is 4. The van der Waals surface area contributed by atoms with E-state index >= 15 is 0 Å². The van der Waals surface area contributed by atoms with Gasteiger partial charge in [0, 0.05) is 43.4 Å². The van der Waals surface area contributed by atoms with Crippen LogP contribution in [0.5, 0.6) is 0 Å². The SMILES string of the molecule is C.C.CC(=O)CCl.Cl.FCCNCc1cnc(C2CC2)[nH]1.O=C1Cn2c(cnc2C2CC2)CN1CCF. The van der Waals surface area contributed by atoms with E-state index in [0.29, 0.717) is 38.0 Å². The molecule has 2 aromatic rings. The monoisotopic (exact) mass is 566 g/mol. The zero-order valence-electron chi connectivity index (χ0n) is 19.9. The van der Waals surface area contributed by atoms with Crippen LogP contribution in [0.25, 0.3) is 0 Å². The number of carbonyl (C=O) groups excluding carboxylic acids is 2. The number of Topliss-reactive ketones (excluding diaryl/α,β-unsaturated/α-hetero) is 1. The maximum Gasteiger partial charge on any atom is 0.243 e. The van der Waals surface area contributed by atoms with E-state index in [1.165, 1.54) is 32.6 Å². The zero-order valence-corrected chi connectivity index (χ0v) is 21.5. The number of amides is 1. The molecule has 3 aliphatic rings. The zero-order chi connectivity index (χ0) is 24.5. The van der Waals surface area contributed by atoms with Crippen LogP contribution in [0, 0.1) is 0 Å². The topological polar surface area (TPSA) is 95.9 Å². The first-order chi connectivity index (χ1) is 16.5. The van der Waals surface area contributed by atoms with Gasteiger partial charge in [-0.2, -0.15) is 0 Å². The van der Waals surface area contributed by atoms with E-state index in [1.54, 1.807) is 4.90 Å². The third-order valence-electron chi connectivity index (χ3n) is 5.65. The van der Waals surface area contributed by atoms with Crippen molar-refractivity contribution in [3.63, 3.8) is 0 Å². The Hall–Kier alpha value is -2.04. The second-order valence-electron chi connectivity index (χ2n) is 8.74. The van der Waals surface area contributed by atoms with E-state index in [4.69, 9.17) is 11.6 Å². The van der Waals surface area contributed by atoms with E-state index in [2.05, 4.69) is 20.3 Å². The van der Waals surface area contributed by atoms with Crippen molar-refractivity contribution < 1.29 is 18.4 Å².